The lowest BCUT2D eigenvalue weighted by Crippen LogP contribution is -1.96. The van der Waals surface area contributed by atoms with E-state index in [2.05, 4.69) is 21.4 Å². The first kappa shape index (κ1) is 9.28. The fourth-order valence-corrected chi connectivity index (χ4v) is 1.19. The van der Waals surface area contributed by atoms with Crippen LogP contribution in [0.4, 0.5) is 0 Å². The Bertz CT molecular complexity index is 273. The molecule has 0 heterocycles. The maximum Gasteiger partial charge on any atom is 0.00842 e. The monoisotopic (exact) mass is 179 g/mol. The van der Waals surface area contributed by atoms with Crippen molar-refractivity contribution in [3.8, 4) is 0 Å². The van der Waals surface area contributed by atoms with E-state index in [9.17, 15) is 0 Å². The Kier molecular flexibility index (Phi) is 3.31. The highest BCUT2D eigenvalue weighted by molar-refractivity contribution is 7.22. The standard InChI is InChI=1S/C10H14NP/c1-8(11)10(12)7-9-5-3-2-4-6-9/h2-6H,7,11-12H2,1H3/b10-8-. The molecule has 1 aromatic rings. The zero-order valence-electron chi connectivity index (χ0n) is 7.25. The number of hydrogen-bond donors (Lipinski definition) is 1. The van der Waals surface area contributed by atoms with Crippen LogP contribution in [0.5, 0.6) is 0 Å². The number of benzene rings is 1. The van der Waals surface area contributed by atoms with Crippen molar-refractivity contribution in [1.29, 1.82) is 0 Å². The van der Waals surface area contributed by atoms with Crippen molar-refractivity contribution in [2.75, 3.05) is 0 Å². The first-order chi connectivity index (χ1) is 5.70. The molecule has 2 heteroatoms. The average molecular weight is 179 g/mol. The van der Waals surface area contributed by atoms with Crippen molar-refractivity contribution in [3.05, 3.63) is 46.9 Å². The van der Waals surface area contributed by atoms with Crippen LogP contribution in [0.15, 0.2) is 41.3 Å². The Morgan fingerprint density at radius 3 is 2.42 bits per heavy atom. The van der Waals surface area contributed by atoms with Gasteiger partial charge in [-0.1, -0.05) is 30.3 Å². The molecule has 0 aromatic heterocycles. The third-order valence-corrected chi connectivity index (χ3v) is 2.40. The summed E-state index contributed by atoms with van der Waals surface area (Å²) in [6, 6.07) is 10.3. The second kappa shape index (κ2) is 4.27. The number of allylic oxidation sites excluding steroid dienone is 2. The van der Waals surface area contributed by atoms with Gasteiger partial charge in [-0.15, -0.1) is 9.24 Å². The predicted octanol–water partition coefficient (Wildman–Crippen LogP) is 2.29. The quantitative estimate of drug-likeness (QED) is 0.692. The molecule has 2 N–H and O–H groups in total. The predicted molar refractivity (Wildman–Crippen MR) is 56.7 cm³/mol. The smallest absolute Gasteiger partial charge is 0.00842 e. The molecular weight excluding hydrogens is 165 g/mol. The van der Waals surface area contributed by atoms with E-state index in [0.29, 0.717) is 0 Å². The summed E-state index contributed by atoms with van der Waals surface area (Å²) in [4.78, 5) is 0. The number of rotatable bonds is 2. The number of hydrogen-bond acceptors (Lipinski definition) is 1. The third kappa shape index (κ3) is 2.67. The summed E-state index contributed by atoms with van der Waals surface area (Å²) in [7, 11) is 2.68. The maximum atomic E-state index is 5.64. The van der Waals surface area contributed by atoms with Gasteiger partial charge < -0.3 is 5.73 Å². The zero-order chi connectivity index (χ0) is 8.97. The highest BCUT2D eigenvalue weighted by Crippen LogP contribution is 2.15. The van der Waals surface area contributed by atoms with Gasteiger partial charge in [-0.3, -0.25) is 0 Å². The highest BCUT2D eigenvalue weighted by Gasteiger charge is 1.95. The molecule has 0 aliphatic heterocycles. The minimum Gasteiger partial charge on any atom is -0.402 e. The van der Waals surface area contributed by atoms with Gasteiger partial charge in [-0.2, -0.15) is 0 Å². The summed E-state index contributed by atoms with van der Waals surface area (Å²) in [5, 5.41) is 1.17. The molecule has 0 fully saturated rings. The normalized spacial score (nSPS) is 12.5. The summed E-state index contributed by atoms with van der Waals surface area (Å²) in [6.45, 7) is 1.92. The lowest BCUT2D eigenvalue weighted by Gasteiger charge is -2.02. The first-order valence-corrected chi connectivity index (χ1v) is 4.52. The minimum absolute atomic E-state index is 0.892. The zero-order valence-corrected chi connectivity index (χ0v) is 8.40. The van der Waals surface area contributed by atoms with Gasteiger partial charge >= 0.3 is 0 Å². The molecular formula is C10H14NP. The summed E-state index contributed by atoms with van der Waals surface area (Å²) < 4.78 is 0. The Morgan fingerprint density at radius 2 is 1.92 bits per heavy atom. The molecule has 0 amide bonds. The second-order valence-corrected chi connectivity index (χ2v) is 3.57. The van der Waals surface area contributed by atoms with Crippen molar-refractivity contribution in [3.63, 3.8) is 0 Å². The van der Waals surface area contributed by atoms with Crippen LogP contribution in [-0.2, 0) is 6.42 Å². The van der Waals surface area contributed by atoms with Crippen LogP contribution >= 0.6 is 9.24 Å². The second-order valence-electron chi connectivity index (χ2n) is 2.87. The van der Waals surface area contributed by atoms with Gasteiger partial charge in [0.2, 0.25) is 0 Å². The Labute approximate surface area is 75.9 Å². The maximum absolute atomic E-state index is 5.64. The highest BCUT2D eigenvalue weighted by atomic mass is 31.0. The SMILES string of the molecule is C/C(N)=C(/P)Cc1ccccc1. The molecule has 1 rings (SSSR count). The van der Waals surface area contributed by atoms with Crippen molar-refractivity contribution in [2.24, 2.45) is 5.73 Å². The summed E-state index contributed by atoms with van der Waals surface area (Å²) >= 11 is 0. The Morgan fingerprint density at radius 1 is 1.33 bits per heavy atom. The summed E-state index contributed by atoms with van der Waals surface area (Å²) in [5.41, 5.74) is 7.83. The third-order valence-electron chi connectivity index (χ3n) is 1.74. The van der Waals surface area contributed by atoms with Crippen molar-refractivity contribution < 1.29 is 0 Å². The molecule has 12 heavy (non-hydrogen) atoms. The lowest BCUT2D eigenvalue weighted by molar-refractivity contribution is 1.17. The molecule has 1 atom stereocenters. The van der Waals surface area contributed by atoms with E-state index < -0.39 is 0 Å². The van der Waals surface area contributed by atoms with Crippen LogP contribution in [-0.4, -0.2) is 0 Å². The van der Waals surface area contributed by atoms with Crippen LogP contribution in [0.25, 0.3) is 0 Å². The average Bonchev–Trinajstić information content (AvgIpc) is 2.06. The molecule has 0 saturated heterocycles. The van der Waals surface area contributed by atoms with Gasteiger partial charge in [0.1, 0.15) is 0 Å². The van der Waals surface area contributed by atoms with Crippen LogP contribution < -0.4 is 5.73 Å². The van der Waals surface area contributed by atoms with E-state index in [0.717, 1.165) is 12.1 Å². The van der Waals surface area contributed by atoms with Crippen molar-refractivity contribution in [2.45, 2.75) is 13.3 Å². The Balaban J connectivity index is 2.72. The number of nitrogens with two attached hydrogens (primary N) is 1. The van der Waals surface area contributed by atoms with Gasteiger partial charge in [0.15, 0.2) is 0 Å². The molecule has 0 aliphatic rings. The Hall–Kier alpha value is -0.810. The molecule has 0 spiro atoms. The molecule has 1 unspecified atom stereocenters. The van der Waals surface area contributed by atoms with Gasteiger partial charge in [-0.05, 0) is 24.2 Å². The van der Waals surface area contributed by atoms with Crippen LogP contribution in [0, 0.1) is 0 Å². The van der Waals surface area contributed by atoms with E-state index in [1.807, 2.05) is 25.1 Å². The van der Waals surface area contributed by atoms with E-state index in [1.165, 1.54) is 10.9 Å². The molecule has 0 bridgehead atoms. The topological polar surface area (TPSA) is 26.0 Å². The van der Waals surface area contributed by atoms with Crippen LogP contribution in [0.1, 0.15) is 12.5 Å². The van der Waals surface area contributed by atoms with Crippen molar-refractivity contribution in [1.82, 2.24) is 0 Å². The van der Waals surface area contributed by atoms with Gasteiger partial charge in [0, 0.05) is 5.70 Å². The largest absolute Gasteiger partial charge is 0.402 e. The lowest BCUT2D eigenvalue weighted by atomic mass is 10.1. The molecule has 0 aliphatic carbocycles. The molecule has 1 aromatic carbocycles. The minimum atomic E-state index is 0.892. The summed E-state index contributed by atoms with van der Waals surface area (Å²) in [5.74, 6) is 0. The molecule has 0 radical (unpaired) electrons. The first-order valence-electron chi connectivity index (χ1n) is 3.95. The van der Waals surface area contributed by atoms with Gasteiger partial charge in [-0.25, -0.2) is 0 Å². The molecule has 0 saturated carbocycles. The van der Waals surface area contributed by atoms with Gasteiger partial charge in [0.25, 0.3) is 0 Å². The van der Waals surface area contributed by atoms with E-state index in [-0.39, 0.29) is 0 Å². The van der Waals surface area contributed by atoms with Crippen LogP contribution in [0.3, 0.4) is 0 Å². The fraction of sp³-hybridized carbons (Fsp3) is 0.200. The van der Waals surface area contributed by atoms with E-state index in [4.69, 9.17) is 5.73 Å². The van der Waals surface area contributed by atoms with Gasteiger partial charge in [0.05, 0.1) is 0 Å². The molecule has 1 nitrogen and oxygen atoms in total. The fourth-order valence-electron chi connectivity index (χ4n) is 0.955. The summed E-state index contributed by atoms with van der Waals surface area (Å²) in [6.07, 6.45) is 0.924. The van der Waals surface area contributed by atoms with E-state index in [1.54, 1.807) is 0 Å². The van der Waals surface area contributed by atoms with E-state index >= 15 is 0 Å². The van der Waals surface area contributed by atoms with Crippen molar-refractivity contribution >= 4 is 9.24 Å². The van der Waals surface area contributed by atoms with Crippen LogP contribution in [0.2, 0.25) is 0 Å². The molecule has 64 valence electrons.